The molecule has 0 rings (SSSR count). The second-order valence-corrected chi connectivity index (χ2v) is 0. The van der Waals surface area contributed by atoms with Gasteiger partial charge in [0.2, 0.25) is 0 Å². The van der Waals surface area contributed by atoms with Crippen LogP contribution in [0.15, 0.2) is 0 Å². The first kappa shape index (κ1) is 30.0. The minimum absolute atomic E-state index is 0. The molecule has 0 aliphatic carbocycles. The maximum Gasteiger partial charge on any atom is 0 e. The topological polar surface area (TPSA) is 0 Å². The van der Waals surface area contributed by atoms with Gasteiger partial charge in [-0.3, -0.25) is 0 Å². The molecule has 0 aliphatic rings. The molecule has 0 amide bonds. The largest absolute Gasteiger partial charge is 0 e. The van der Waals surface area contributed by atoms with Crippen molar-refractivity contribution in [1.29, 1.82) is 0 Å². The summed E-state index contributed by atoms with van der Waals surface area (Å²) in [7, 11) is 0. The van der Waals surface area contributed by atoms with Crippen LogP contribution < -0.4 is 0 Å². The van der Waals surface area contributed by atoms with Crippen LogP contribution in [0.4, 0.5) is 0 Å². The molecule has 0 spiro atoms. The van der Waals surface area contributed by atoms with Crippen molar-refractivity contribution < 1.29 is 17.1 Å². The Morgan fingerprint density at radius 1 is 1.00 bits per heavy atom. The quantitative estimate of drug-likeness (QED) is 0.461. The minimum Gasteiger partial charge on any atom is 0 e. The van der Waals surface area contributed by atoms with Gasteiger partial charge in [-0.2, -0.15) is 0 Å². The molecule has 0 aromatic carbocycles. The van der Waals surface area contributed by atoms with E-state index in [-0.39, 0.29) is 201 Å². The van der Waals surface area contributed by atoms with Gasteiger partial charge in [-0.05, 0) is 0 Å². The van der Waals surface area contributed by atoms with Crippen LogP contribution in [0.5, 0.6) is 0 Å². The summed E-state index contributed by atoms with van der Waals surface area (Å²) >= 11 is 0. The fraction of sp³-hybridized carbons (Fsp3) is 0. The summed E-state index contributed by atoms with van der Waals surface area (Å²) in [6.07, 6.45) is 0. The Hall–Kier alpha value is 6.47. The van der Waals surface area contributed by atoms with Crippen molar-refractivity contribution in [2.24, 2.45) is 0 Å². The van der Waals surface area contributed by atoms with Gasteiger partial charge in [0.1, 0.15) is 0 Å². The molecule has 0 atom stereocenters. The second kappa shape index (κ2) is 22.4. The first-order valence-corrected chi connectivity index (χ1v) is 0. The van der Waals surface area contributed by atoms with Crippen molar-refractivity contribution in [3.63, 3.8) is 0 Å². The molecule has 0 unspecified atom stereocenters. The third-order valence-corrected chi connectivity index (χ3v) is 0. The van der Waals surface area contributed by atoms with Gasteiger partial charge in [0.05, 0.1) is 0 Å². The number of hydrogen-bond donors (Lipinski definition) is 0. The Bertz CT molecular complexity index is 11.6. The molecule has 0 bridgehead atoms. The zero-order valence-electron chi connectivity index (χ0n) is 3.47. The fourth-order valence-electron chi connectivity index (χ4n) is 0. The Labute approximate surface area is 193 Å². The molecular weight excluding hydrogens is 360 g/mol. The summed E-state index contributed by atoms with van der Waals surface area (Å²) in [6.45, 7) is 0. The smallest absolute Gasteiger partial charge is 0 e. The van der Waals surface area contributed by atoms with Gasteiger partial charge >= 0.3 is 0 Å². The van der Waals surface area contributed by atoms with Crippen molar-refractivity contribution in [2.45, 2.75) is 0 Å². The van der Waals surface area contributed by atoms with Crippen molar-refractivity contribution in [3.05, 3.63) is 0 Å². The Morgan fingerprint density at radius 3 is 1.00 bits per heavy atom. The molecule has 0 heterocycles. The zero-order valence-corrected chi connectivity index (χ0v) is 17.8. The molecule has 0 N–H and O–H groups in total. The zero-order chi connectivity index (χ0) is 0. The molecule has 5 heavy (non-hydrogen) atoms. The summed E-state index contributed by atoms with van der Waals surface area (Å²) in [5.74, 6) is 0. The monoisotopic (exact) mass is 361 g/mol. The van der Waals surface area contributed by atoms with Crippen LogP contribution in [0.25, 0.3) is 0 Å². The molecular formula is BaCaFeKSr. The summed E-state index contributed by atoms with van der Waals surface area (Å²) in [5, 5.41) is 0. The molecule has 0 saturated heterocycles. The van der Waals surface area contributed by atoms with Crippen molar-refractivity contribution in [1.82, 2.24) is 0 Å². The second-order valence-electron chi connectivity index (χ2n) is 0. The predicted molar refractivity (Wildman–Crippen MR) is 23.0 cm³/mol. The first-order chi connectivity index (χ1) is 0. The molecule has 0 nitrogen and oxygen atoms in total. The standard InChI is InChI=1S/Ba.Ca.Fe.K.Sr. The van der Waals surface area contributed by atoms with E-state index in [9.17, 15) is 0 Å². The van der Waals surface area contributed by atoms with Crippen LogP contribution in [0.1, 0.15) is 0 Å². The van der Waals surface area contributed by atoms with Gasteiger partial charge in [-0.25, -0.2) is 0 Å². The number of rotatable bonds is 0. The maximum atomic E-state index is 0. The summed E-state index contributed by atoms with van der Waals surface area (Å²) in [5.41, 5.74) is 0. The van der Waals surface area contributed by atoms with Gasteiger partial charge in [0.25, 0.3) is 0 Å². The normalized spacial score (nSPS) is 0. The molecule has 0 saturated carbocycles. The van der Waals surface area contributed by atoms with E-state index in [0.717, 1.165) is 0 Å². The fourth-order valence-corrected chi connectivity index (χ4v) is 0. The van der Waals surface area contributed by atoms with Crippen molar-refractivity contribution in [2.75, 3.05) is 0 Å². The van der Waals surface area contributed by atoms with E-state index in [0.29, 0.717) is 0 Å². The van der Waals surface area contributed by atoms with E-state index in [1.165, 1.54) is 0 Å². The van der Waals surface area contributed by atoms with E-state index in [1.54, 1.807) is 0 Å². The van der Waals surface area contributed by atoms with Crippen LogP contribution in [-0.4, -0.2) is 183 Å². The Morgan fingerprint density at radius 2 is 1.00 bits per heavy atom. The van der Waals surface area contributed by atoms with E-state index in [4.69, 9.17) is 0 Å². The Balaban J connectivity index is 0. The molecule has 5 heteroatoms. The van der Waals surface area contributed by atoms with Crippen molar-refractivity contribution >= 4 is 183 Å². The molecule has 7 radical (unpaired) electrons. The van der Waals surface area contributed by atoms with E-state index < -0.39 is 0 Å². The van der Waals surface area contributed by atoms with Gasteiger partial charge in [0.15, 0.2) is 0 Å². The third kappa shape index (κ3) is 17.9. The molecule has 0 aliphatic heterocycles. The van der Waals surface area contributed by atoms with Gasteiger partial charge < -0.3 is 0 Å². The minimum atomic E-state index is 0. The molecule has 0 aromatic heterocycles. The van der Waals surface area contributed by atoms with E-state index in [1.807, 2.05) is 0 Å². The van der Waals surface area contributed by atoms with Gasteiger partial charge in [-0.15, -0.1) is 0 Å². The first-order valence-electron chi connectivity index (χ1n) is 0. The van der Waals surface area contributed by atoms with Gasteiger partial charge in [0, 0.05) is 201 Å². The average molecular weight is 360 g/mol. The van der Waals surface area contributed by atoms with E-state index >= 15 is 0 Å². The van der Waals surface area contributed by atoms with Crippen LogP contribution in [0.3, 0.4) is 0 Å². The van der Waals surface area contributed by atoms with Crippen LogP contribution in [0, 0.1) is 0 Å². The number of hydrogen-bond acceptors (Lipinski definition) is 0. The van der Waals surface area contributed by atoms with Crippen LogP contribution >= 0.6 is 0 Å². The van der Waals surface area contributed by atoms with Crippen molar-refractivity contribution in [3.8, 4) is 0 Å². The summed E-state index contributed by atoms with van der Waals surface area (Å²) < 4.78 is 0. The van der Waals surface area contributed by atoms with Gasteiger partial charge in [-0.1, -0.05) is 0 Å². The summed E-state index contributed by atoms with van der Waals surface area (Å²) in [6, 6.07) is 0. The van der Waals surface area contributed by atoms with E-state index in [2.05, 4.69) is 0 Å². The molecule has 15 valence electrons. The molecule has 0 aromatic rings. The third-order valence-electron chi connectivity index (χ3n) is 0. The average Bonchev–Trinajstić information content (AvgIpc) is 0. The maximum absolute atomic E-state index is 0. The molecule has 0 fully saturated rings. The summed E-state index contributed by atoms with van der Waals surface area (Å²) in [4.78, 5) is 0. The van der Waals surface area contributed by atoms with Crippen LogP contribution in [-0.2, 0) is 17.1 Å². The predicted octanol–water partition coefficient (Wildman–Crippen LogP) is -1.53. The Kier molecular flexibility index (Phi) is 135. The van der Waals surface area contributed by atoms with Crippen LogP contribution in [0.2, 0.25) is 0 Å². The SMILES string of the molecule is [Ba].[Ca].[Fe].[K].[Sr].